The maximum atomic E-state index is 12.5. The van der Waals surface area contributed by atoms with Crippen LogP contribution in [0.25, 0.3) is 0 Å². The third kappa shape index (κ3) is 4.72. The summed E-state index contributed by atoms with van der Waals surface area (Å²) in [4.78, 5) is 5.18. The Labute approximate surface area is 161 Å². The molecule has 0 amide bonds. The molecule has 0 atom stereocenters. The Morgan fingerprint density at radius 1 is 0.852 bits per heavy atom. The van der Waals surface area contributed by atoms with E-state index in [1.54, 1.807) is 12.1 Å². The number of aliphatic imine (C=N–C) groups is 1. The van der Waals surface area contributed by atoms with E-state index in [1.165, 1.54) is 0 Å². The molecule has 0 aromatic heterocycles. The molecule has 0 saturated carbocycles. The van der Waals surface area contributed by atoms with Crippen LogP contribution in [0.5, 0.6) is 0 Å². The first kappa shape index (κ1) is 19.1. The van der Waals surface area contributed by atoms with Gasteiger partial charge in [0.2, 0.25) is 0 Å². The Hall–Kier alpha value is -2.72. The van der Waals surface area contributed by atoms with Crippen LogP contribution in [0.2, 0.25) is 0 Å². The van der Waals surface area contributed by atoms with E-state index in [4.69, 9.17) is 4.99 Å². The van der Waals surface area contributed by atoms with Gasteiger partial charge >= 0.3 is 0 Å². The van der Waals surface area contributed by atoms with Gasteiger partial charge in [-0.25, -0.2) is 13.4 Å². The van der Waals surface area contributed by atoms with Crippen molar-refractivity contribution < 1.29 is 8.42 Å². The predicted molar refractivity (Wildman–Crippen MR) is 112 cm³/mol. The third-order valence-electron chi connectivity index (χ3n) is 4.20. The molecule has 0 N–H and O–H groups in total. The average Bonchev–Trinajstić information content (AvgIpc) is 2.67. The summed E-state index contributed by atoms with van der Waals surface area (Å²) in [5, 5.41) is 0. The molecule has 0 heterocycles. The fourth-order valence-corrected chi connectivity index (χ4v) is 4.41. The molecule has 4 heteroatoms. The number of nitrogens with zero attached hydrogens (tertiary/aromatic N) is 1. The standard InChI is InChI=1S/C23H23NO2S/c1-3-14-27(25,26)22-16-18(2)15-21(17-22)24-23(19-10-6-4-7-11-19)20-12-8-5-9-13-20/h4-13,15-17H,3,14H2,1-2H3. The lowest BCUT2D eigenvalue weighted by Crippen LogP contribution is -2.06. The normalized spacial score (nSPS) is 11.2. The van der Waals surface area contributed by atoms with E-state index in [0.29, 0.717) is 17.0 Å². The largest absolute Gasteiger partial charge is 0.248 e. The molecule has 3 aromatic rings. The minimum Gasteiger partial charge on any atom is -0.248 e. The number of rotatable bonds is 6. The highest BCUT2D eigenvalue weighted by Crippen LogP contribution is 2.24. The average molecular weight is 378 g/mol. The van der Waals surface area contributed by atoms with Crippen LogP contribution >= 0.6 is 0 Å². The van der Waals surface area contributed by atoms with Crippen molar-refractivity contribution in [2.45, 2.75) is 25.2 Å². The summed E-state index contributed by atoms with van der Waals surface area (Å²) in [5.41, 5.74) is 4.32. The van der Waals surface area contributed by atoms with Crippen LogP contribution in [0, 0.1) is 6.92 Å². The van der Waals surface area contributed by atoms with Crippen molar-refractivity contribution in [3.63, 3.8) is 0 Å². The highest BCUT2D eigenvalue weighted by Gasteiger charge is 2.15. The molecule has 3 nitrogen and oxygen atoms in total. The summed E-state index contributed by atoms with van der Waals surface area (Å²) in [6.45, 7) is 3.77. The molecule has 0 saturated heterocycles. The van der Waals surface area contributed by atoms with Crippen LogP contribution in [0.4, 0.5) is 5.69 Å². The van der Waals surface area contributed by atoms with Crippen LogP contribution in [0.15, 0.2) is 88.8 Å². The van der Waals surface area contributed by atoms with Crippen molar-refractivity contribution >= 4 is 21.2 Å². The predicted octanol–water partition coefficient (Wildman–Crippen LogP) is 5.35. The fourth-order valence-electron chi connectivity index (χ4n) is 2.98. The second kappa shape index (κ2) is 8.31. The Bertz CT molecular complexity index is 999. The molecule has 0 spiro atoms. The first-order valence-corrected chi connectivity index (χ1v) is 10.7. The Balaban J connectivity index is 2.15. The number of hydrogen-bond donors (Lipinski definition) is 0. The van der Waals surface area contributed by atoms with Gasteiger partial charge in [-0.2, -0.15) is 0 Å². The van der Waals surface area contributed by atoms with Gasteiger partial charge in [-0.3, -0.25) is 0 Å². The fraction of sp³-hybridized carbons (Fsp3) is 0.174. The molecule has 0 fully saturated rings. The van der Waals surface area contributed by atoms with E-state index < -0.39 is 9.84 Å². The Kier molecular flexibility index (Phi) is 5.87. The summed E-state index contributed by atoms with van der Waals surface area (Å²) >= 11 is 0. The van der Waals surface area contributed by atoms with Crippen molar-refractivity contribution in [2.75, 3.05) is 5.75 Å². The molecule has 0 aliphatic heterocycles. The molecule has 27 heavy (non-hydrogen) atoms. The van der Waals surface area contributed by atoms with E-state index in [0.717, 1.165) is 22.4 Å². The summed E-state index contributed by atoms with van der Waals surface area (Å²) in [5.74, 6) is 0.143. The van der Waals surface area contributed by atoms with Crippen molar-refractivity contribution in [2.24, 2.45) is 4.99 Å². The minimum atomic E-state index is -3.29. The number of sulfone groups is 1. The number of aryl methyl sites for hydroxylation is 1. The second-order valence-corrected chi connectivity index (χ2v) is 8.62. The van der Waals surface area contributed by atoms with Crippen molar-refractivity contribution in [3.8, 4) is 0 Å². The Morgan fingerprint density at radius 2 is 1.41 bits per heavy atom. The number of hydrogen-bond acceptors (Lipinski definition) is 3. The van der Waals surface area contributed by atoms with Crippen LogP contribution in [0.3, 0.4) is 0 Å². The van der Waals surface area contributed by atoms with Gasteiger partial charge in [0.15, 0.2) is 9.84 Å². The van der Waals surface area contributed by atoms with Crippen LogP contribution in [0.1, 0.15) is 30.0 Å². The zero-order chi connectivity index (χ0) is 19.3. The first-order chi connectivity index (χ1) is 13.0. The van der Waals surface area contributed by atoms with Crippen molar-refractivity contribution in [1.29, 1.82) is 0 Å². The minimum absolute atomic E-state index is 0.143. The maximum absolute atomic E-state index is 12.5. The zero-order valence-electron chi connectivity index (χ0n) is 15.6. The van der Waals surface area contributed by atoms with Gasteiger partial charge < -0.3 is 0 Å². The summed E-state index contributed by atoms with van der Waals surface area (Å²) in [6, 6.07) is 25.2. The van der Waals surface area contributed by atoms with Gasteiger partial charge in [0, 0.05) is 11.1 Å². The van der Waals surface area contributed by atoms with E-state index in [1.807, 2.05) is 80.6 Å². The quantitative estimate of drug-likeness (QED) is 0.544. The zero-order valence-corrected chi connectivity index (χ0v) is 16.4. The monoisotopic (exact) mass is 377 g/mol. The van der Waals surface area contributed by atoms with E-state index in [9.17, 15) is 8.42 Å². The van der Waals surface area contributed by atoms with Gasteiger partial charge in [-0.05, 0) is 37.1 Å². The topological polar surface area (TPSA) is 46.5 Å². The Morgan fingerprint density at radius 3 is 1.93 bits per heavy atom. The van der Waals surface area contributed by atoms with Gasteiger partial charge in [0.25, 0.3) is 0 Å². The molecule has 0 bridgehead atoms. The lowest BCUT2D eigenvalue weighted by molar-refractivity contribution is 0.594. The summed E-state index contributed by atoms with van der Waals surface area (Å²) < 4.78 is 25.0. The van der Waals surface area contributed by atoms with Gasteiger partial charge in [0.05, 0.1) is 22.0 Å². The SMILES string of the molecule is CCCS(=O)(=O)c1cc(C)cc(N=C(c2ccccc2)c2ccccc2)c1. The molecule has 138 valence electrons. The van der Waals surface area contributed by atoms with Gasteiger partial charge in [-0.15, -0.1) is 0 Å². The van der Waals surface area contributed by atoms with Crippen molar-refractivity contribution in [3.05, 3.63) is 95.6 Å². The third-order valence-corrected chi connectivity index (χ3v) is 6.10. The van der Waals surface area contributed by atoms with E-state index >= 15 is 0 Å². The van der Waals surface area contributed by atoms with Crippen molar-refractivity contribution in [1.82, 2.24) is 0 Å². The lowest BCUT2D eigenvalue weighted by Gasteiger charge is -2.10. The molecular weight excluding hydrogens is 354 g/mol. The molecule has 0 aliphatic rings. The molecule has 3 rings (SSSR count). The smallest absolute Gasteiger partial charge is 0.178 e. The van der Waals surface area contributed by atoms with Crippen LogP contribution < -0.4 is 0 Å². The highest BCUT2D eigenvalue weighted by molar-refractivity contribution is 7.91. The van der Waals surface area contributed by atoms with Crippen LogP contribution in [-0.2, 0) is 9.84 Å². The second-order valence-electron chi connectivity index (χ2n) is 6.52. The molecule has 0 aliphatic carbocycles. The maximum Gasteiger partial charge on any atom is 0.178 e. The molecule has 0 radical (unpaired) electrons. The van der Waals surface area contributed by atoms with Crippen LogP contribution in [-0.4, -0.2) is 19.9 Å². The molecular formula is C23H23NO2S. The highest BCUT2D eigenvalue weighted by atomic mass is 32.2. The molecule has 0 unspecified atom stereocenters. The summed E-state index contributed by atoms with van der Waals surface area (Å²) in [6.07, 6.45) is 0.591. The van der Waals surface area contributed by atoms with E-state index in [-0.39, 0.29) is 5.75 Å². The lowest BCUT2D eigenvalue weighted by atomic mass is 10.0. The first-order valence-electron chi connectivity index (χ1n) is 9.03. The van der Waals surface area contributed by atoms with Gasteiger partial charge in [0.1, 0.15) is 0 Å². The van der Waals surface area contributed by atoms with Gasteiger partial charge in [-0.1, -0.05) is 67.6 Å². The summed E-state index contributed by atoms with van der Waals surface area (Å²) in [7, 11) is -3.29. The molecule has 3 aromatic carbocycles. The number of benzene rings is 3. The van der Waals surface area contributed by atoms with E-state index in [2.05, 4.69) is 0 Å².